The Morgan fingerprint density at radius 3 is 2.54 bits per heavy atom. The molecule has 1 aliphatic heterocycles. The highest BCUT2D eigenvalue weighted by molar-refractivity contribution is 5.97. The molecule has 0 aliphatic carbocycles. The van der Waals surface area contributed by atoms with E-state index in [0.717, 1.165) is 25.9 Å². The minimum Gasteiger partial charge on any atom is -0.354 e. The van der Waals surface area contributed by atoms with E-state index in [1.54, 1.807) is 11.8 Å². The zero-order chi connectivity index (χ0) is 19.1. The van der Waals surface area contributed by atoms with Crippen molar-refractivity contribution in [3.8, 4) is 0 Å². The van der Waals surface area contributed by atoms with E-state index in [1.807, 2.05) is 0 Å². The van der Waals surface area contributed by atoms with Crippen molar-refractivity contribution in [2.45, 2.75) is 26.2 Å². The minimum absolute atomic E-state index is 0.0128. The van der Waals surface area contributed by atoms with Crippen molar-refractivity contribution in [1.82, 2.24) is 15.5 Å². The Labute approximate surface area is 150 Å². The van der Waals surface area contributed by atoms with Gasteiger partial charge in [-0.05, 0) is 25.8 Å². The highest BCUT2D eigenvalue weighted by Gasteiger charge is 2.18. The second-order valence-electron chi connectivity index (χ2n) is 6.13. The van der Waals surface area contributed by atoms with Gasteiger partial charge in [0, 0.05) is 43.2 Å². The molecule has 1 aromatic rings. The van der Waals surface area contributed by atoms with Gasteiger partial charge in [0.05, 0.1) is 11.5 Å². The molecule has 0 unspecified atom stereocenters. The first-order chi connectivity index (χ1) is 12.4. The Balaban J connectivity index is 1.74. The second kappa shape index (κ2) is 8.93. The molecule has 140 valence electrons. The van der Waals surface area contributed by atoms with Crippen LogP contribution in [-0.2, 0) is 9.59 Å². The van der Waals surface area contributed by atoms with Crippen LogP contribution >= 0.6 is 0 Å². The van der Waals surface area contributed by atoms with Crippen molar-refractivity contribution >= 4 is 23.4 Å². The number of nitro groups is 1. The Bertz CT molecular complexity index is 713. The molecule has 1 aliphatic rings. The van der Waals surface area contributed by atoms with Crippen LogP contribution in [0, 0.1) is 17.0 Å². The first-order valence-electron chi connectivity index (χ1n) is 8.46. The summed E-state index contributed by atoms with van der Waals surface area (Å²) < 4.78 is 0. The SMILES string of the molecule is Cc1ccc(C(=O)NCC(=O)NCCC(=O)N2CCCC2)cc1[N+](=O)[O-]. The molecule has 0 atom stereocenters. The van der Waals surface area contributed by atoms with Crippen LogP contribution in [0.3, 0.4) is 0 Å². The van der Waals surface area contributed by atoms with Crippen LogP contribution in [0.15, 0.2) is 18.2 Å². The van der Waals surface area contributed by atoms with E-state index in [4.69, 9.17) is 0 Å². The highest BCUT2D eigenvalue weighted by Crippen LogP contribution is 2.19. The molecular weight excluding hydrogens is 340 g/mol. The fourth-order valence-electron chi connectivity index (χ4n) is 2.71. The zero-order valence-corrected chi connectivity index (χ0v) is 14.6. The van der Waals surface area contributed by atoms with E-state index in [2.05, 4.69) is 10.6 Å². The number of aryl methyl sites for hydroxylation is 1. The number of benzene rings is 1. The predicted molar refractivity (Wildman–Crippen MR) is 93.6 cm³/mol. The summed E-state index contributed by atoms with van der Waals surface area (Å²) in [4.78, 5) is 47.7. The highest BCUT2D eigenvalue weighted by atomic mass is 16.6. The molecule has 1 aromatic carbocycles. The third-order valence-electron chi connectivity index (χ3n) is 4.20. The van der Waals surface area contributed by atoms with Gasteiger partial charge in [-0.3, -0.25) is 24.5 Å². The molecule has 0 aromatic heterocycles. The van der Waals surface area contributed by atoms with Crippen LogP contribution in [0.4, 0.5) is 5.69 Å². The smallest absolute Gasteiger partial charge is 0.273 e. The number of carbonyl (C=O) groups is 3. The lowest BCUT2D eigenvalue weighted by Gasteiger charge is -2.15. The second-order valence-corrected chi connectivity index (χ2v) is 6.13. The Kier molecular flexibility index (Phi) is 6.65. The first kappa shape index (κ1) is 19.4. The molecule has 0 spiro atoms. The minimum atomic E-state index is -0.573. The van der Waals surface area contributed by atoms with E-state index in [-0.39, 0.29) is 36.7 Å². The van der Waals surface area contributed by atoms with Crippen LogP contribution in [-0.4, -0.2) is 53.7 Å². The molecule has 1 saturated heterocycles. The predicted octanol–water partition coefficient (Wildman–Crippen LogP) is 0.762. The fourth-order valence-corrected chi connectivity index (χ4v) is 2.71. The topological polar surface area (TPSA) is 122 Å². The van der Waals surface area contributed by atoms with Crippen molar-refractivity contribution in [3.05, 3.63) is 39.4 Å². The number of hydrogen-bond acceptors (Lipinski definition) is 5. The maximum absolute atomic E-state index is 12.0. The quantitative estimate of drug-likeness (QED) is 0.548. The van der Waals surface area contributed by atoms with Gasteiger partial charge in [-0.15, -0.1) is 0 Å². The number of nitrogens with zero attached hydrogens (tertiary/aromatic N) is 2. The van der Waals surface area contributed by atoms with Crippen LogP contribution < -0.4 is 10.6 Å². The molecule has 0 bridgehead atoms. The molecule has 2 rings (SSSR count). The molecule has 3 amide bonds. The van der Waals surface area contributed by atoms with Crippen molar-refractivity contribution in [3.63, 3.8) is 0 Å². The van der Waals surface area contributed by atoms with Gasteiger partial charge in [0.1, 0.15) is 0 Å². The first-order valence-corrected chi connectivity index (χ1v) is 8.46. The third-order valence-corrected chi connectivity index (χ3v) is 4.20. The molecule has 2 N–H and O–H groups in total. The van der Waals surface area contributed by atoms with Crippen LogP contribution in [0.2, 0.25) is 0 Å². The number of nitrogens with one attached hydrogen (secondary N) is 2. The van der Waals surface area contributed by atoms with Gasteiger partial charge in [-0.2, -0.15) is 0 Å². The summed E-state index contributed by atoms with van der Waals surface area (Å²) in [5.74, 6) is -0.982. The lowest BCUT2D eigenvalue weighted by molar-refractivity contribution is -0.385. The van der Waals surface area contributed by atoms with E-state index in [1.165, 1.54) is 18.2 Å². The van der Waals surface area contributed by atoms with Crippen molar-refractivity contribution in [1.29, 1.82) is 0 Å². The standard InChI is InChI=1S/C17H22N4O5/c1-12-4-5-13(10-14(12)21(25)26)17(24)19-11-15(22)18-7-6-16(23)20-8-2-3-9-20/h4-5,10H,2-3,6-9,11H2,1H3,(H,18,22)(H,19,24). The molecule has 0 saturated carbocycles. The van der Waals surface area contributed by atoms with Crippen LogP contribution in [0.5, 0.6) is 0 Å². The summed E-state index contributed by atoms with van der Waals surface area (Å²) in [5, 5.41) is 15.9. The van der Waals surface area contributed by atoms with Gasteiger partial charge < -0.3 is 15.5 Å². The largest absolute Gasteiger partial charge is 0.354 e. The lowest BCUT2D eigenvalue weighted by atomic mass is 10.1. The number of hydrogen-bond donors (Lipinski definition) is 2. The number of amides is 3. The molecule has 0 radical (unpaired) electrons. The van der Waals surface area contributed by atoms with Gasteiger partial charge in [0.2, 0.25) is 11.8 Å². The molecule has 1 fully saturated rings. The van der Waals surface area contributed by atoms with Crippen molar-refractivity contribution in [2.24, 2.45) is 0 Å². The van der Waals surface area contributed by atoms with Gasteiger partial charge >= 0.3 is 0 Å². The molecular formula is C17H22N4O5. The summed E-state index contributed by atoms with van der Waals surface area (Å²) in [6, 6.07) is 4.12. The fraction of sp³-hybridized carbons (Fsp3) is 0.471. The third kappa shape index (κ3) is 5.27. The summed E-state index contributed by atoms with van der Waals surface area (Å²) in [6.45, 7) is 3.06. The maximum Gasteiger partial charge on any atom is 0.273 e. The summed E-state index contributed by atoms with van der Waals surface area (Å²) in [5.41, 5.74) is 0.411. The Hall–Kier alpha value is -2.97. The number of nitro benzene ring substituents is 1. The van der Waals surface area contributed by atoms with Crippen molar-refractivity contribution < 1.29 is 19.3 Å². The van der Waals surface area contributed by atoms with Gasteiger partial charge in [-0.25, -0.2) is 0 Å². The van der Waals surface area contributed by atoms with Gasteiger partial charge in [0.15, 0.2) is 0 Å². The molecule has 1 heterocycles. The Morgan fingerprint density at radius 2 is 1.88 bits per heavy atom. The molecule has 26 heavy (non-hydrogen) atoms. The number of rotatable bonds is 7. The van der Waals surface area contributed by atoms with E-state index >= 15 is 0 Å². The number of likely N-dealkylation sites (tertiary alicyclic amines) is 1. The molecule has 9 heteroatoms. The van der Waals surface area contributed by atoms with Gasteiger partial charge in [-0.1, -0.05) is 6.07 Å². The maximum atomic E-state index is 12.0. The summed E-state index contributed by atoms with van der Waals surface area (Å²) in [7, 11) is 0. The number of carbonyl (C=O) groups excluding carboxylic acids is 3. The van der Waals surface area contributed by atoms with E-state index < -0.39 is 16.7 Å². The van der Waals surface area contributed by atoms with E-state index in [9.17, 15) is 24.5 Å². The zero-order valence-electron chi connectivity index (χ0n) is 14.6. The van der Waals surface area contributed by atoms with Gasteiger partial charge in [0.25, 0.3) is 11.6 Å². The van der Waals surface area contributed by atoms with Crippen LogP contribution in [0.25, 0.3) is 0 Å². The average molecular weight is 362 g/mol. The summed E-state index contributed by atoms with van der Waals surface area (Å²) in [6.07, 6.45) is 2.26. The lowest BCUT2D eigenvalue weighted by Crippen LogP contribution is -2.38. The van der Waals surface area contributed by atoms with Crippen LogP contribution in [0.1, 0.15) is 35.2 Å². The van der Waals surface area contributed by atoms with E-state index in [0.29, 0.717) is 5.56 Å². The average Bonchev–Trinajstić information content (AvgIpc) is 3.14. The normalized spacial score (nSPS) is 13.3. The summed E-state index contributed by atoms with van der Waals surface area (Å²) >= 11 is 0. The molecule has 9 nitrogen and oxygen atoms in total. The Morgan fingerprint density at radius 1 is 1.19 bits per heavy atom. The van der Waals surface area contributed by atoms with Crippen molar-refractivity contribution in [2.75, 3.05) is 26.2 Å². The monoisotopic (exact) mass is 362 g/mol.